The van der Waals surface area contributed by atoms with Crippen molar-refractivity contribution in [3.05, 3.63) is 29.3 Å². The molecule has 0 saturated heterocycles. The summed E-state index contributed by atoms with van der Waals surface area (Å²) in [5.74, 6) is -0.452. The van der Waals surface area contributed by atoms with Crippen LogP contribution < -0.4 is 5.73 Å². The van der Waals surface area contributed by atoms with Gasteiger partial charge in [0.2, 0.25) is 5.95 Å². The lowest BCUT2D eigenvalue weighted by Gasteiger charge is -2.07. The van der Waals surface area contributed by atoms with Crippen LogP contribution in [0.15, 0.2) is 12.1 Å². The second-order valence-electron chi connectivity index (χ2n) is 2.60. The zero-order chi connectivity index (χ0) is 8.43. The molecule has 0 fully saturated rings. The van der Waals surface area contributed by atoms with Gasteiger partial charge in [0.05, 0.1) is 0 Å². The third-order valence-corrected chi connectivity index (χ3v) is 1.58. The number of hydrogen-bond acceptors (Lipinski definition) is 2. The van der Waals surface area contributed by atoms with Gasteiger partial charge in [0.15, 0.2) is 0 Å². The van der Waals surface area contributed by atoms with Gasteiger partial charge in [-0.3, -0.25) is 0 Å². The Morgan fingerprint density at radius 3 is 2.64 bits per heavy atom. The van der Waals surface area contributed by atoms with Crippen molar-refractivity contribution < 1.29 is 4.39 Å². The highest BCUT2D eigenvalue weighted by molar-refractivity contribution is 5.21. The molecule has 1 aromatic heterocycles. The van der Waals surface area contributed by atoms with E-state index >= 15 is 0 Å². The lowest BCUT2D eigenvalue weighted by atomic mass is 10.1. The molecule has 0 radical (unpaired) electrons. The number of aryl methyl sites for hydroxylation is 1. The maximum absolute atomic E-state index is 12.5. The maximum Gasteiger partial charge on any atom is 0.213 e. The van der Waals surface area contributed by atoms with Crippen molar-refractivity contribution in [1.82, 2.24) is 4.98 Å². The second kappa shape index (κ2) is 2.96. The van der Waals surface area contributed by atoms with E-state index in [1.54, 1.807) is 13.0 Å². The van der Waals surface area contributed by atoms with E-state index in [-0.39, 0.29) is 6.04 Å². The molecule has 0 amide bonds. The van der Waals surface area contributed by atoms with Crippen LogP contribution in [0.4, 0.5) is 4.39 Å². The van der Waals surface area contributed by atoms with E-state index < -0.39 is 5.95 Å². The van der Waals surface area contributed by atoms with Crippen molar-refractivity contribution in [1.29, 1.82) is 0 Å². The van der Waals surface area contributed by atoms with Crippen LogP contribution in [0.1, 0.15) is 24.2 Å². The molecule has 0 aliphatic carbocycles. The molecule has 2 N–H and O–H groups in total. The number of rotatable bonds is 1. The molecule has 0 saturated carbocycles. The summed E-state index contributed by atoms with van der Waals surface area (Å²) in [5, 5.41) is 0. The monoisotopic (exact) mass is 154 g/mol. The molecule has 0 unspecified atom stereocenters. The Morgan fingerprint density at radius 1 is 1.55 bits per heavy atom. The van der Waals surface area contributed by atoms with E-state index in [0.717, 1.165) is 5.56 Å². The van der Waals surface area contributed by atoms with E-state index in [1.807, 2.05) is 6.92 Å². The molecule has 1 heterocycles. The first-order valence-corrected chi connectivity index (χ1v) is 3.50. The molecular formula is C8H11FN2. The zero-order valence-electron chi connectivity index (χ0n) is 6.63. The van der Waals surface area contributed by atoms with Gasteiger partial charge in [-0.15, -0.1) is 0 Å². The van der Waals surface area contributed by atoms with E-state index in [2.05, 4.69) is 4.98 Å². The fourth-order valence-electron chi connectivity index (χ4n) is 1.02. The minimum atomic E-state index is -0.452. The number of nitrogens with two attached hydrogens (primary N) is 1. The largest absolute Gasteiger partial charge is 0.324 e. The Balaban J connectivity index is 3.09. The van der Waals surface area contributed by atoms with Crippen molar-refractivity contribution >= 4 is 0 Å². The summed E-state index contributed by atoms with van der Waals surface area (Å²) < 4.78 is 12.5. The van der Waals surface area contributed by atoms with Crippen LogP contribution in [0.5, 0.6) is 0 Å². The summed E-state index contributed by atoms with van der Waals surface area (Å²) in [6.45, 7) is 3.60. The molecule has 0 bridgehead atoms. The highest BCUT2D eigenvalue weighted by atomic mass is 19.1. The van der Waals surface area contributed by atoms with Gasteiger partial charge in [0.1, 0.15) is 0 Å². The SMILES string of the molecule is Cc1nc(F)ccc1[C@@H](C)N. The fourth-order valence-corrected chi connectivity index (χ4v) is 1.02. The summed E-state index contributed by atoms with van der Waals surface area (Å²) in [6, 6.07) is 2.91. The Morgan fingerprint density at radius 2 is 2.18 bits per heavy atom. The van der Waals surface area contributed by atoms with Gasteiger partial charge in [-0.1, -0.05) is 6.07 Å². The number of nitrogens with zero attached hydrogens (tertiary/aromatic N) is 1. The first-order valence-electron chi connectivity index (χ1n) is 3.50. The zero-order valence-corrected chi connectivity index (χ0v) is 6.63. The van der Waals surface area contributed by atoms with Gasteiger partial charge in [0.25, 0.3) is 0 Å². The van der Waals surface area contributed by atoms with E-state index in [1.165, 1.54) is 6.07 Å². The highest BCUT2D eigenvalue weighted by Gasteiger charge is 2.04. The summed E-state index contributed by atoms with van der Waals surface area (Å²) >= 11 is 0. The van der Waals surface area contributed by atoms with Crippen LogP contribution in [0.3, 0.4) is 0 Å². The molecular weight excluding hydrogens is 143 g/mol. The second-order valence-corrected chi connectivity index (χ2v) is 2.60. The normalized spacial score (nSPS) is 13.1. The molecule has 0 aliphatic heterocycles. The average Bonchev–Trinajstić information content (AvgIpc) is 1.85. The molecule has 1 atom stereocenters. The van der Waals surface area contributed by atoms with Crippen LogP contribution in [-0.2, 0) is 0 Å². The smallest absolute Gasteiger partial charge is 0.213 e. The predicted octanol–water partition coefficient (Wildman–Crippen LogP) is 1.55. The van der Waals surface area contributed by atoms with Gasteiger partial charge >= 0.3 is 0 Å². The van der Waals surface area contributed by atoms with Crippen LogP contribution in [-0.4, -0.2) is 4.98 Å². The lowest BCUT2D eigenvalue weighted by molar-refractivity contribution is 0.576. The third kappa shape index (κ3) is 1.74. The van der Waals surface area contributed by atoms with Crippen molar-refractivity contribution in [3.63, 3.8) is 0 Å². The van der Waals surface area contributed by atoms with Gasteiger partial charge in [-0.2, -0.15) is 4.39 Å². The first-order chi connectivity index (χ1) is 5.11. The average molecular weight is 154 g/mol. The van der Waals surface area contributed by atoms with Crippen molar-refractivity contribution in [3.8, 4) is 0 Å². The van der Waals surface area contributed by atoms with E-state index in [4.69, 9.17) is 5.73 Å². The number of hydrogen-bond donors (Lipinski definition) is 1. The summed E-state index contributed by atoms with van der Waals surface area (Å²) in [4.78, 5) is 3.65. The highest BCUT2D eigenvalue weighted by Crippen LogP contribution is 2.12. The molecule has 0 spiro atoms. The molecule has 1 rings (SSSR count). The minimum absolute atomic E-state index is 0.0805. The van der Waals surface area contributed by atoms with Gasteiger partial charge in [0, 0.05) is 11.7 Å². The van der Waals surface area contributed by atoms with Gasteiger partial charge < -0.3 is 5.73 Å². The first kappa shape index (κ1) is 8.14. The molecule has 3 heteroatoms. The quantitative estimate of drug-likeness (QED) is 0.623. The molecule has 0 aromatic carbocycles. The number of halogens is 1. The van der Waals surface area contributed by atoms with Crippen LogP contribution in [0, 0.1) is 12.9 Å². The predicted molar refractivity (Wildman–Crippen MR) is 41.5 cm³/mol. The van der Waals surface area contributed by atoms with Crippen molar-refractivity contribution in [2.45, 2.75) is 19.9 Å². The maximum atomic E-state index is 12.5. The molecule has 0 aliphatic rings. The Kier molecular flexibility index (Phi) is 2.19. The summed E-state index contributed by atoms with van der Waals surface area (Å²) in [5.41, 5.74) is 7.16. The lowest BCUT2D eigenvalue weighted by Crippen LogP contribution is -2.08. The minimum Gasteiger partial charge on any atom is -0.324 e. The topological polar surface area (TPSA) is 38.9 Å². The number of pyridine rings is 1. The summed E-state index contributed by atoms with van der Waals surface area (Å²) in [6.07, 6.45) is 0. The van der Waals surface area contributed by atoms with Gasteiger partial charge in [-0.25, -0.2) is 4.98 Å². The standard InChI is InChI=1S/C8H11FN2/c1-5(10)7-3-4-8(9)11-6(7)2/h3-5H,10H2,1-2H3/t5-/m1/s1. The van der Waals surface area contributed by atoms with E-state index in [0.29, 0.717) is 5.69 Å². The van der Waals surface area contributed by atoms with Gasteiger partial charge in [-0.05, 0) is 25.5 Å². The number of aromatic nitrogens is 1. The Hall–Kier alpha value is -0.960. The van der Waals surface area contributed by atoms with Crippen LogP contribution >= 0.6 is 0 Å². The van der Waals surface area contributed by atoms with Crippen molar-refractivity contribution in [2.24, 2.45) is 5.73 Å². The Labute approximate surface area is 65.3 Å². The summed E-state index contributed by atoms with van der Waals surface area (Å²) in [7, 11) is 0. The fraction of sp³-hybridized carbons (Fsp3) is 0.375. The van der Waals surface area contributed by atoms with Crippen molar-refractivity contribution in [2.75, 3.05) is 0 Å². The molecule has 60 valence electrons. The molecule has 1 aromatic rings. The third-order valence-electron chi connectivity index (χ3n) is 1.58. The van der Waals surface area contributed by atoms with E-state index in [9.17, 15) is 4.39 Å². The van der Waals surface area contributed by atoms with Crippen LogP contribution in [0.25, 0.3) is 0 Å². The molecule has 11 heavy (non-hydrogen) atoms. The molecule has 2 nitrogen and oxygen atoms in total. The van der Waals surface area contributed by atoms with Crippen LogP contribution in [0.2, 0.25) is 0 Å². The Bertz CT molecular complexity index is 258.